The van der Waals surface area contributed by atoms with Gasteiger partial charge < -0.3 is 10.1 Å². The fraction of sp³-hybridized carbons (Fsp3) is 0.429. The topological polar surface area (TPSA) is 24.5 Å². The van der Waals surface area contributed by atoms with Gasteiger partial charge in [0, 0.05) is 25.2 Å². The zero-order valence-corrected chi connectivity index (χ0v) is 15.6. The number of hydrogen-bond acceptors (Lipinski definition) is 3. The minimum Gasteiger partial charge on any atom is -0.496 e. The molecule has 1 atom stereocenters. The van der Waals surface area contributed by atoms with Crippen LogP contribution >= 0.6 is 12.4 Å². The smallest absolute Gasteiger partial charge is 0.123 e. The molecule has 2 heterocycles. The lowest BCUT2D eigenvalue weighted by Crippen LogP contribution is -2.29. The molecule has 3 nitrogen and oxygen atoms in total. The zero-order valence-electron chi connectivity index (χ0n) is 14.8. The van der Waals surface area contributed by atoms with Crippen molar-refractivity contribution in [3.8, 4) is 16.9 Å². The molecule has 2 aliphatic heterocycles. The summed E-state index contributed by atoms with van der Waals surface area (Å²) in [6, 6.07) is 17.1. The van der Waals surface area contributed by atoms with Crippen LogP contribution in [0.5, 0.6) is 5.75 Å². The van der Waals surface area contributed by atoms with Crippen molar-refractivity contribution < 1.29 is 4.74 Å². The van der Waals surface area contributed by atoms with Crippen LogP contribution in [-0.2, 0) is 6.54 Å². The normalized spacial score (nSPS) is 22.9. The SMILES string of the molecule is COc1cc(-c2ccccc2)ccc1CN1CCC2(CCNC2)C1.Cl. The Labute approximate surface area is 156 Å². The second-order valence-electron chi connectivity index (χ2n) is 7.28. The number of methoxy groups -OCH3 is 1. The van der Waals surface area contributed by atoms with E-state index < -0.39 is 0 Å². The van der Waals surface area contributed by atoms with Gasteiger partial charge in [0.05, 0.1) is 7.11 Å². The molecule has 2 aliphatic rings. The van der Waals surface area contributed by atoms with Gasteiger partial charge in [0.2, 0.25) is 0 Å². The van der Waals surface area contributed by atoms with Crippen LogP contribution in [0.2, 0.25) is 0 Å². The molecule has 1 unspecified atom stereocenters. The molecular formula is C21H27ClN2O. The van der Waals surface area contributed by atoms with Crippen LogP contribution in [0.4, 0.5) is 0 Å². The van der Waals surface area contributed by atoms with Gasteiger partial charge in [-0.1, -0.05) is 42.5 Å². The first-order valence-electron chi connectivity index (χ1n) is 8.93. The minimum atomic E-state index is 0. The molecule has 1 N–H and O–H groups in total. The third-order valence-electron chi connectivity index (χ3n) is 5.64. The van der Waals surface area contributed by atoms with E-state index in [1.807, 2.05) is 0 Å². The number of likely N-dealkylation sites (tertiary alicyclic amines) is 1. The Balaban J connectivity index is 0.00000182. The summed E-state index contributed by atoms with van der Waals surface area (Å²) >= 11 is 0. The average Bonchev–Trinajstić information content (AvgIpc) is 3.26. The van der Waals surface area contributed by atoms with Crippen molar-refractivity contribution in [1.82, 2.24) is 10.2 Å². The van der Waals surface area contributed by atoms with Crippen molar-refractivity contribution in [1.29, 1.82) is 0 Å². The highest BCUT2D eigenvalue weighted by Gasteiger charge is 2.40. The molecule has 1 spiro atoms. The lowest BCUT2D eigenvalue weighted by Gasteiger charge is -2.23. The van der Waals surface area contributed by atoms with Crippen molar-refractivity contribution in [2.24, 2.45) is 5.41 Å². The maximum atomic E-state index is 5.70. The lowest BCUT2D eigenvalue weighted by atomic mass is 9.86. The Morgan fingerprint density at radius 1 is 1.08 bits per heavy atom. The standard InChI is InChI=1S/C21H26N2O.ClH/c1-24-20-13-18(17-5-3-2-4-6-17)7-8-19(20)14-23-12-10-21(16-23)9-11-22-15-21;/h2-8,13,22H,9-12,14-16H2,1H3;1H. The molecule has 0 saturated carbocycles. The summed E-state index contributed by atoms with van der Waals surface area (Å²) in [5, 5.41) is 3.54. The highest BCUT2D eigenvalue weighted by molar-refractivity contribution is 5.85. The molecule has 25 heavy (non-hydrogen) atoms. The molecule has 0 radical (unpaired) electrons. The monoisotopic (exact) mass is 358 g/mol. The predicted molar refractivity (Wildman–Crippen MR) is 105 cm³/mol. The van der Waals surface area contributed by atoms with Gasteiger partial charge in [-0.05, 0) is 48.5 Å². The minimum absolute atomic E-state index is 0. The van der Waals surface area contributed by atoms with E-state index in [-0.39, 0.29) is 12.4 Å². The van der Waals surface area contributed by atoms with E-state index in [0.29, 0.717) is 5.41 Å². The number of rotatable bonds is 4. The van der Waals surface area contributed by atoms with Crippen LogP contribution in [0.15, 0.2) is 48.5 Å². The largest absolute Gasteiger partial charge is 0.496 e. The van der Waals surface area contributed by atoms with Gasteiger partial charge in [-0.25, -0.2) is 0 Å². The Kier molecular flexibility index (Phi) is 5.67. The summed E-state index contributed by atoms with van der Waals surface area (Å²) < 4.78 is 5.70. The Morgan fingerprint density at radius 2 is 1.92 bits per heavy atom. The summed E-state index contributed by atoms with van der Waals surface area (Å²) in [5.41, 5.74) is 4.27. The number of ether oxygens (including phenoxy) is 1. The Bertz CT molecular complexity index is 698. The molecule has 0 aromatic heterocycles. The summed E-state index contributed by atoms with van der Waals surface area (Å²) in [6.45, 7) is 5.77. The molecule has 0 bridgehead atoms. The van der Waals surface area contributed by atoms with Crippen molar-refractivity contribution >= 4 is 12.4 Å². The fourth-order valence-electron chi connectivity index (χ4n) is 4.23. The molecule has 4 heteroatoms. The van der Waals surface area contributed by atoms with Gasteiger partial charge in [0.15, 0.2) is 0 Å². The average molecular weight is 359 g/mol. The third-order valence-corrected chi connectivity index (χ3v) is 5.64. The first-order chi connectivity index (χ1) is 11.8. The second kappa shape index (κ2) is 7.77. The quantitative estimate of drug-likeness (QED) is 0.895. The van der Waals surface area contributed by atoms with Gasteiger partial charge in [0.1, 0.15) is 5.75 Å². The molecule has 4 rings (SSSR count). The summed E-state index contributed by atoms with van der Waals surface area (Å²) in [5.74, 6) is 1.00. The predicted octanol–water partition coefficient (Wildman–Crippen LogP) is 3.97. The molecule has 2 aromatic rings. The molecule has 0 amide bonds. The van der Waals surface area contributed by atoms with Crippen LogP contribution in [0.25, 0.3) is 11.1 Å². The van der Waals surface area contributed by atoms with Gasteiger partial charge in [0.25, 0.3) is 0 Å². The number of nitrogens with one attached hydrogen (secondary N) is 1. The zero-order chi connectivity index (χ0) is 16.4. The summed E-state index contributed by atoms with van der Waals surface area (Å²) in [7, 11) is 1.78. The van der Waals surface area contributed by atoms with E-state index >= 15 is 0 Å². The maximum absolute atomic E-state index is 5.70. The van der Waals surface area contributed by atoms with E-state index in [4.69, 9.17) is 4.74 Å². The van der Waals surface area contributed by atoms with Crippen LogP contribution in [0, 0.1) is 5.41 Å². The summed E-state index contributed by atoms with van der Waals surface area (Å²) in [6.07, 6.45) is 2.65. The first-order valence-corrected chi connectivity index (χ1v) is 8.93. The van der Waals surface area contributed by atoms with E-state index in [1.54, 1.807) is 7.11 Å². The van der Waals surface area contributed by atoms with Crippen molar-refractivity contribution in [3.63, 3.8) is 0 Å². The summed E-state index contributed by atoms with van der Waals surface area (Å²) in [4.78, 5) is 2.59. The van der Waals surface area contributed by atoms with Crippen molar-refractivity contribution in [2.75, 3.05) is 33.3 Å². The molecule has 2 aromatic carbocycles. The van der Waals surface area contributed by atoms with E-state index in [2.05, 4.69) is 58.7 Å². The fourth-order valence-corrected chi connectivity index (χ4v) is 4.23. The van der Waals surface area contributed by atoms with E-state index in [9.17, 15) is 0 Å². The molecule has 134 valence electrons. The second-order valence-corrected chi connectivity index (χ2v) is 7.28. The lowest BCUT2D eigenvalue weighted by molar-refractivity contribution is 0.265. The van der Waals surface area contributed by atoms with Crippen LogP contribution < -0.4 is 10.1 Å². The Morgan fingerprint density at radius 3 is 2.64 bits per heavy atom. The molecule has 2 fully saturated rings. The number of nitrogens with zero attached hydrogens (tertiary/aromatic N) is 1. The number of halogens is 1. The van der Waals surface area contributed by atoms with Crippen molar-refractivity contribution in [2.45, 2.75) is 19.4 Å². The molecule has 0 aliphatic carbocycles. The van der Waals surface area contributed by atoms with Crippen LogP contribution in [0.1, 0.15) is 18.4 Å². The van der Waals surface area contributed by atoms with Gasteiger partial charge >= 0.3 is 0 Å². The van der Waals surface area contributed by atoms with Crippen LogP contribution in [-0.4, -0.2) is 38.2 Å². The molecule has 2 saturated heterocycles. The highest BCUT2D eigenvalue weighted by atomic mass is 35.5. The Hall–Kier alpha value is -1.55. The van der Waals surface area contributed by atoms with Gasteiger partial charge in [-0.15, -0.1) is 12.4 Å². The number of benzene rings is 2. The first kappa shape index (κ1) is 18.2. The van der Waals surface area contributed by atoms with Gasteiger partial charge in [-0.3, -0.25) is 4.90 Å². The third kappa shape index (κ3) is 3.84. The van der Waals surface area contributed by atoms with Crippen LogP contribution in [0.3, 0.4) is 0 Å². The van der Waals surface area contributed by atoms with Gasteiger partial charge in [-0.2, -0.15) is 0 Å². The van der Waals surface area contributed by atoms with E-state index in [0.717, 1.165) is 12.3 Å². The van der Waals surface area contributed by atoms with E-state index in [1.165, 1.54) is 55.7 Å². The highest BCUT2D eigenvalue weighted by Crippen LogP contribution is 2.37. The number of hydrogen-bond donors (Lipinski definition) is 1. The maximum Gasteiger partial charge on any atom is 0.123 e. The molecular weight excluding hydrogens is 332 g/mol. The van der Waals surface area contributed by atoms with Crippen molar-refractivity contribution in [3.05, 3.63) is 54.1 Å².